The molecule has 0 unspecified atom stereocenters. The van der Waals surface area contributed by atoms with Gasteiger partial charge in [0.25, 0.3) is 0 Å². The molecule has 0 aliphatic carbocycles. The molecule has 0 radical (unpaired) electrons. The average molecular weight is 372 g/mol. The number of thiophene rings is 1. The van der Waals surface area contributed by atoms with Crippen LogP contribution in [0.25, 0.3) is 0 Å². The van der Waals surface area contributed by atoms with Crippen LogP contribution in [0, 0.1) is 0 Å². The molecule has 0 spiro atoms. The van der Waals surface area contributed by atoms with Gasteiger partial charge in [-0.3, -0.25) is 9.59 Å². The van der Waals surface area contributed by atoms with E-state index in [1.807, 2.05) is 13.8 Å². The minimum atomic E-state index is -0.786. The molecule has 0 fully saturated rings. The second-order valence-corrected chi connectivity index (χ2v) is 5.90. The smallest absolute Gasteiger partial charge is 0.352 e. The van der Waals surface area contributed by atoms with Gasteiger partial charge in [-0.15, -0.1) is 11.3 Å². The maximum atomic E-state index is 12.2. The zero-order valence-electron chi connectivity index (χ0n) is 14.5. The first-order valence-electron chi connectivity index (χ1n) is 7.69. The highest BCUT2D eigenvalue weighted by Crippen LogP contribution is 2.43. The van der Waals surface area contributed by atoms with Crippen LogP contribution in [-0.4, -0.2) is 37.1 Å². The Balaban J connectivity index is 3.40. The fourth-order valence-electron chi connectivity index (χ4n) is 1.66. The Kier molecular flexibility index (Phi) is 8.06. The Bertz CT molecular complexity index is 607. The van der Waals surface area contributed by atoms with Gasteiger partial charge >= 0.3 is 23.9 Å². The molecule has 9 heteroatoms. The SMILES string of the molecule is CCCOC(=O)c1sc(C(=O)OCCC)c(OC(C)=O)c1OC(C)=O. The van der Waals surface area contributed by atoms with Gasteiger partial charge in [0.15, 0.2) is 21.3 Å². The van der Waals surface area contributed by atoms with Crippen molar-refractivity contribution in [1.29, 1.82) is 0 Å². The Morgan fingerprint density at radius 2 is 1.12 bits per heavy atom. The van der Waals surface area contributed by atoms with Crippen molar-refractivity contribution in [2.75, 3.05) is 13.2 Å². The van der Waals surface area contributed by atoms with Crippen molar-refractivity contribution < 1.29 is 38.1 Å². The summed E-state index contributed by atoms with van der Waals surface area (Å²) in [4.78, 5) is 46.8. The predicted octanol–water partition coefficient (Wildman–Crippen LogP) is 2.73. The van der Waals surface area contributed by atoms with Crippen LogP contribution in [0.5, 0.6) is 11.5 Å². The molecule has 0 saturated carbocycles. The third-order valence-electron chi connectivity index (χ3n) is 2.56. The third kappa shape index (κ3) is 5.86. The average Bonchev–Trinajstić information content (AvgIpc) is 2.87. The highest BCUT2D eigenvalue weighted by Gasteiger charge is 2.32. The van der Waals surface area contributed by atoms with Crippen molar-refractivity contribution in [2.24, 2.45) is 0 Å². The number of carbonyl (C=O) groups excluding carboxylic acids is 4. The van der Waals surface area contributed by atoms with Crippen LogP contribution in [0.15, 0.2) is 0 Å². The maximum absolute atomic E-state index is 12.2. The van der Waals surface area contributed by atoms with Crippen LogP contribution in [0.1, 0.15) is 59.9 Å². The van der Waals surface area contributed by atoms with Gasteiger partial charge < -0.3 is 18.9 Å². The van der Waals surface area contributed by atoms with Gasteiger partial charge in [0, 0.05) is 13.8 Å². The van der Waals surface area contributed by atoms with E-state index in [9.17, 15) is 19.2 Å². The highest BCUT2D eigenvalue weighted by atomic mass is 32.1. The highest BCUT2D eigenvalue weighted by molar-refractivity contribution is 7.16. The van der Waals surface area contributed by atoms with Gasteiger partial charge in [0.2, 0.25) is 0 Å². The van der Waals surface area contributed by atoms with Crippen LogP contribution in [0.2, 0.25) is 0 Å². The van der Waals surface area contributed by atoms with E-state index in [4.69, 9.17) is 18.9 Å². The van der Waals surface area contributed by atoms with Crippen molar-refractivity contribution in [3.8, 4) is 11.5 Å². The van der Waals surface area contributed by atoms with Crippen LogP contribution >= 0.6 is 11.3 Å². The molecular weight excluding hydrogens is 352 g/mol. The zero-order valence-corrected chi connectivity index (χ0v) is 15.3. The van der Waals surface area contributed by atoms with E-state index in [2.05, 4.69) is 0 Å². The van der Waals surface area contributed by atoms with Gasteiger partial charge in [-0.1, -0.05) is 13.8 Å². The molecule has 0 bridgehead atoms. The summed E-state index contributed by atoms with van der Waals surface area (Å²) in [7, 11) is 0. The molecule has 8 nitrogen and oxygen atoms in total. The first kappa shape index (κ1) is 20.6. The van der Waals surface area contributed by atoms with E-state index in [0.717, 1.165) is 13.8 Å². The topological polar surface area (TPSA) is 105 Å². The van der Waals surface area contributed by atoms with Crippen molar-refractivity contribution in [3.05, 3.63) is 9.75 Å². The van der Waals surface area contributed by atoms with Crippen molar-refractivity contribution >= 4 is 35.2 Å². The van der Waals surface area contributed by atoms with Crippen LogP contribution in [0.3, 0.4) is 0 Å². The van der Waals surface area contributed by atoms with E-state index in [1.54, 1.807) is 0 Å². The summed E-state index contributed by atoms with van der Waals surface area (Å²) in [6.07, 6.45) is 1.17. The van der Waals surface area contributed by atoms with Crippen LogP contribution in [-0.2, 0) is 19.1 Å². The van der Waals surface area contributed by atoms with Crippen molar-refractivity contribution in [3.63, 3.8) is 0 Å². The molecule has 1 heterocycles. The minimum absolute atomic E-state index is 0.148. The predicted molar refractivity (Wildman–Crippen MR) is 88.1 cm³/mol. The van der Waals surface area contributed by atoms with Gasteiger partial charge in [0.05, 0.1) is 13.2 Å². The Morgan fingerprint density at radius 1 is 0.760 bits per heavy atom. The summed E-state index contributed by atoms with van der Waals surface area (Å²) >= 11 is 0.684. The van der Waals surface area contributed by atoms with Gasteiger partial charge in [0.1, 0.15) is 0 Å². The molecule has 1 aromatic heterocycles. The molecular formula is C16H20O8S. The molecule has 0 amide bonds. The lowest BCUT2D eigenvalue weighted by molar-refractivity contribution is -0.134. The third-order valence-corrected chi connectivity index (χ3v) is 3.67. The van der Waals surface area contributed by atoms with Gasteiger partial charge in [-0.2, -0.15) is 0 Å². The molecule has 0 aromatic carbocycles. The molecule has 0 atom stereocenters. The lowest BCUT2D eigenvalue weighted by atomic mass is 10.3. The monoisotopic (exact) mass is 372 g/mol. The molecule has 0 aliphatic rings. The number of hydrogen-bond acceptors (Lipinski definition) is 9. The Morgan fingerprint density at radius 3 is 1.40 bits per heavy atom. The Hall–Kier alpha value is -2.42. The summed E-state index contributed by atoms with van der Waals surface area (Å²) < 4.78 is 20.0. The first-order chi connectivity index (χ1) is 11.8. The first-order valence-corrected chi connectivity index (χ1v) is 8.51. The summed E-state index contributed by atoms with van der Waals surface area (Å²) in [6.45, 7) is 6.15. The number of rotatable bonds is 8. The Labute approximate surface area is 149 Å². The lowest BCUT2D eigenvalue weighted by Crippen LogP contribution is -2.11. The van der Waals surface area contributed by atoms with Crippen LogP contribution in [0.4, 0.5) is 0 Å². The number of carbonyl (C=O) groups is 4. The van der Waals surface area contributed by atoms with Crippen molar-refractivity contribution in [1.82, 2.24) is 0 Å². The van der Waals surface area contributed by atoms with E-state index in [1.165, 1.54) is 0 Å². The summed E-state index contributed by atoms with van der Waals surface area (Å²) in [5.74, 6) is -3.71. The zero-order chi connectivity index (χ0) is 19.0. The molecule has 25 heavy (non-hydrogen) atoms. The second kappa shape index (κ2) is 9.77. The van der Waals surface area contributed by atoms with E-state index < -0.39 is 23.9 Å². The molecule has 0 N–H and O–H groups in total. The quantitative estimate of drug-likeness (QED) is 0.641. The normalized spacial score (nSPS) is 10.1. The summed E-state index contributed by atoms with van der Waals surface area (Å²) in [5.41, 5.74) is 0. The lowest BCUT2D eigenvalue weighted by Gasteiger charge is -2.07. The second-order valence-electron chi connectivity index (χ2n) is 4.88. The standard InChI is InChI=1S/C16H20O8S/c1-5-7-21-15(19)13-11(23-9(3)17)12(24-10(4)18)14(25-13)16(20)22-8-6-2/h5-8H2,1-4H3. The van der Waals surface area contributed by atoms with Crippen molar-refractivity contribution in [2.45, 2.75) is 40.5 Å². The largest absolute Gasteiger partial charge is 0.461 e. The minimum Gasteiger partial charge on any atom is -0.461 e. The van der Waals surface area contributed by atoms with Gasteiger partial charge in [-0.25, -0.2) is 9.59 Å². The van der Waals surface area contributed by atoms with E-state index in [-0.39, 0.29) is 34.5 Å². The summed E-state index contributed by atoms with van der Waals surface area (Å²) in [5, 5.41) is 0. The van der Waals surface area contributed by atoms with E-state index in [0.29, 0.717) is 24.2 Å². The molecule has 1 aromatic rings. The molecule has 0 saturated heterocycles. The number of ether oxygens (including phenoxy) is 4. The fourth-order valence-corrected chi connectivity index (χ4v) is 2.61. The molecule has 1 rings (SSSR count). The molecule has 0 aliphatic heterocycles. The molecule has 138 valence electrons. The van der Waals surface area contributed by atoms with Gasteiger partial charge in [-0.05, 0) is 12.8 Å². The van der Waals surface area contributed by atoms with E-state index >= 15 is 0 Å². The maximum Gasteiger partial charge on any atom is 0.352 e. The number of hydrogen-bond donors (Lipinski definition) is 0. The summed E-state index contributed by atoms with van der Waals surface area (Å²) in [6, 6.07) is 0. The fraction of sp³-hybridized carbons (Fsp3) is 0.500. The number of esters is 4. The van der Waals surface area contributed by atoms with Crippen LogP contribution < -0.4 is 9.47 Å².